The Bertz CT molecular complexity index is 963. The van der Waals surface area contributed by atoms with Gasteiger partial charge in [0, 0.05) is 56.3 Å². The molecule has 32 heavy (non-hydrogen) atoms. The van der Waals surface area contributed by atoms with Crippen molar-refractivity contribution in [3.05, 3.63) is 29.0 Å². The third kappa shape index (κ3) is 5.41. The van der Waals surface area contributed by atoms with Gasteiger partial charge in [0.15, 0.2) is 5.13 Å². The Labute approximate surface area is 193 Å². The van der Waals surface area contributed by atoms with Gasteiger partial charge in [-0.1, -0.05) is 0 Å². The van der Waals surface area contributed by atoms with E-state index in [1.165, 1.54) is 11.3 Å². The van der Waals surface area contributed by atoms with Crippen LogP contribution in [0.15, 0.2) is 17.6 Å². The molecule has 2 aromatic rings. The SMILES string of the molecule is CC(C)N1CCN(C(=O)c2csc(Nc3nccc([C@@H]4CCCN(CC#N)C4)n3)n2)CC1. The number of anilines is 2. The summed E-state index contributed by atoms with van der Waals surface area (Å²) in [6.45, 7) is 9.87. The van der Waals surface area contributed by atoms with E-state index in [-0.39, 0.29) is 5.91 Å². The molecular weight excluding hydrogens is 424 g/mol. The highest BCUT2D eigenvalue weighted by atomic mass is 32.1. The Morgan fingerprint density at radius 2 is 2.09 bits per heavy atom. The minimum absolute atomic E-state index is 0.0211. The van der Waals surface area contributed by atoms with Crippen LogP contribution in [0.5, 0.6) is 0 Å². The van der Waals surface area contributed by atoms with Crippen molar-refractivity contribution in [3.63, 3.8) is 0 Å². The summed E-state index contributed by atoms with van der Waals surface area (Å²) in [5.41, 5.74) is 1.44. The molecule has 0 saturated carbocycles. The van der Waals surface area contributed by atoms with Crippen molar-refractivity contribution >= 4 is 28.3 Å². The number of carbonyl (C=O) groups is 1. The van der Waals surface area contributed by atoms with Gasteiger partial charge < -0.3 is 10.2 Å². The molecule has 1 atom stereocenters. The molecule has 4 heterocycles. The number of carbonyl (C=O) groups excluding carboxylic acids is 1. The third-order valence-electron chi connectivity index (χ3n) is 6.17. The van der Waals surface area contributed by atoms with Gasteiger partial charge in [-0.2, -0.15) is 5.26 Å². The van der Waals surface area contributed by atoms with Gasteiger partial charge >= 0.3 is 0 Å². The second kappa shape index (κ2) is 10.3. The van der Waals surface area contributed by atoms with Crippen molar-refractivity contribution in [3.8, 4) is 6.07 Å². The molecule has 0 unspecified atom stereocenters. The number of rotatable bonds is 6. The molecule has 4 rings (SSSR count). The zero-order chi connectivity index (χ0) is 22.5. The molecular formula is C22H30N8OS. The van der Waals surface area contributed by atoms with E-state index < -0.39 is 0 Å². The van der Waals surface area contributed by atoms with Gasteiger partial charge in [0.2, 0.25) is 5.95 Å². The molecule has 0 aromatic carbocycles. The molecule has 0 aliphatic carbocycles. The molecule has 2 aliphatic rings. The van der Waals surface area contributed by atoms with Gasteiger partial charge in [-0.3, -0.25) is 14.6 Å². The number of nitriles is 1. The van der Waals surface area contributed by atoms with Crippen LogP contribution in [-0.4, -0.2) is 87.4 Å². The van der Waals surface area contributed by atoms with Crippen LogP contribution < -0.4 is 5.32 Å². The molecule has 2 saturated heterocycles. The van der Waals surface area contributed by atoms with Gasteiger partial charge in [0.05, 0.1) is 18.3 Å². The average Bonchev–Trinajstić information content (AvgIpc) is 3.27. The van der Waals surface area contributed by atoms with Crippen molar-refractivity contribution in [2.24, 2.45) is 0 Å². The molecule has 2 aliphatic heterocycles. The number of hydrogen-bond donors (Lipinski definition) is 1. The molecule has 1 amide bonds. The van der Waals surface area contributed by atoms with Crippen LogP contribution in [0.25, 0.3) is 0 Å². The van der Waals surface area contributed by atoms with Gasteiger partial charge in [0.25, 0.3) is 5.91 Å². The number of aromatic nitrogens is 3. The fraction of sp³-hybridized carbons (Fsp3) is 0.591. The summed E-state index contributed by atoms with van der Waals surface area (Å²) in [6.07, 6.45) is 3.86. The molecule has 2 fully saturated rings. The summed E-state index contributed by atoms with van der Waals surface area (Å²) in [7, 11) is 0. The van der Waals surface area contributed by atoms with Gasteiger partial charge in [-0.05, 0) is 39.3 Å². The highest BCUT2D eigenvalue weighted by molar-refractivity contribution is 7.14. The first-order valence-electron chi connectivity index (χ1n) is 11.2. The number of hydrogen-bond acceptors (Lipinski definition) is 9. The highest BCUT2D eigenvalue weighted by Gasteiger charge is 2.25. The van der Waals surface area contributed by atoms with Crippen LogP contribution in [0.3, 0.4) is 0 Å². The highest BCUT2D eigenvalue weighted by Crippen LogP contribution is 2.27. The van der Waals surface area contributed by atoms with E-state index in [0.29, 0.717) is 35.3 Å². The Morgan fingerprint density at radius 3 is 2.84 bits per heavy atom. The van der Waals surface area contributed by atoms with E-state index in [1.807, 2.05) is 11.0 Å². The van der Waals surface area contributed by atoms with Crippen molar-refractivity contribution in [1.82, 2.24) is 29.7 Å². The molecule has 0 spiro atoms. The molecule has 0 bridgehead atoms. The zero-order valence-corrected chi connectivity index (χ0v) is 19.5. The van der Waals surface area contributed by atoms with Crippen LogP contribution in [0, 0.1) is 11.3 Å². The maximum atomic E-state index is 12.9. The maximum absolute atomic E-state index is 12.9. The van der Waals surface area contributed by atoms with E-state index in [1.54, 1.807) is 11.6 Å². The first kappa shape index (κ1) is 22.6. The number of nitrogens with one attached hydrogen (secondary N) is 1. The lowest BCUT2D eigenvalue weighted by molar-refractivity contribution is 0.0591. The standard InChI is InChI=1S/C22H30N8OS/c1-16(2)29-10-12-30(13-11-29)20(31)19-15-32-22(26-19)27-21-24-7-5-18(25-21)17-4-3-8-28(14-17)9-6-23/h5,7,15-17H,3-4,8-14H2,1-2H3,(H,24,25,26,27)/t17-/m1/s1. The summed E-state index contributed by atoms with van der Waals surface area (Å²) < 4.78 is 0. The lowest BCUT2D eigenvalue weighted by Gasteiger charge is -2.36. The summed E-state index contributed by atoms with van der Waals surface area (Å²) in [4.78, 5) is 32.8. The van der Waals surface area contributed by atoms with Crippen LogP contribution in [0.2, 0.25) is 0 Å². The molecule has 0 radical (unpaired) electrons. The Hall–Kier alpha value is -2.61. The first-order chi connectivity index (χ1) is 15.5. The van der Waals surface area contributed by atoms with Crippen molar-refractivity contribution in [2.45, 2.75) is 38.6 Å². The normalized spacial score (nSPS) is 20.3. The minimum atomic E-state index is -0.0211. The first-order valence-corrected chi connectivity index (χ1v) is 12.1. The fourth-order valence-corrected chi connectivity index (χ4v) is 5.01. The number of piperazine rings is 1. The van der Waals surface area contributed by atoms with Gasteiger partial charge in [-0.15, -0.1) is 11.3 Å². The monoisotopic (exact) mass is 454 g/mol. The summed E-state index contributed by atoms with van der Waals surface area (Å²) in [6, 6.07) is 4.68. The molecule has 9 nitrogen and oxygen atoms in total. The average molecular weight is 455 g/mol. The third-order valence-corrected chi connectivity index (χ3v) is 6.93. The Kier molecular flexibility index (Phi) is 7.29. The predicted octanol–water partition coefficient (Wildman–Crippen LogP) is 2.55. The van der Waals surface area contributed by atoms with Crippen LogP contribution in [-0.2, 0) is 0 Å². The molecule has 2 aromatic heterocycles. The predicted molar refractivity (Wildman–Crippen MR) is 124 cm³/mol. The molecule has 170 valence electrons. The second-order valence-electron chi connectivity index (χ2n) is 8.62. The van der Waals surface area contributed by atoms with Crippen molar-refractivity contribution < 1.29 is 4.79 Å². The molecule has 10 heteroatoms. The van der Waals surface area contributed by atoms with Crippen LogP contribution in [0.1, 0.15) is 48.8 Å². The van der Waals surface area contributed by atoms with E-state index in [9.17, 15) is 4.79 Å². The lowest BCUT2D eigenvalue weighted by atomic mass is 9.94. The second-order valence-corrected chi connectivity index (χ2v) is 9.48. The van der Waals surface area contributed by atoms with E-state index in [0.717, 1.165) is 57.8 Å². The fourth-order valence-electron chi connectivity index (χ4n) is 4.33. The van der Waals surface area contributed by atoms with E-state index in [4.69, 9.17) is 5.26 Å². The summed E-state index contributed by atoms with van der Waals surface area (Å²) in [5.74, 6) is 0.754. The van der Waals surface area contributed by atoms with Crippen LogP contribution in [0.4, 0.5) is 11.1 Å². The minimum Gasteiger partial charge on any atom is -0.335 e. The van der Waals surface area contributed by atoms with E-state index in [2.05, 4.69) is 50.0 Å². The van der Waals surface area contributed by atoms with Crippen LogP contribution >= 0.6 is 11.3 Å². The number of piperidine rings is 1. The maximum Gasteiger partial charge on any atom is 0.273 e. The smallest absolute Gasteiger partial charge is 0.273 e. The van der Waals surface area contributed by atoms with Gasteiger partial charge in [-0.25, -0.2) is 15.0 Å². The Balaban J connectivity index is 1.37. The summed E-state index contributed by atoms with van der Waals surface area (Å²) in [5, 5.41) is 14.5. The number of nitrogens with zero attached hydrogens (tertiary/aromatic N) is 7. The Morgan fingerprint density at radius 1 is 1.28 bits per heavy atom. The summed E-state index contributed by atoms with van der Waals surface area (Å²) >= 11 is 1.39. The van der Waals surface area contributed by atoms with Gasteiger partial charge in [0.1, 0.15) is 5.69 Å². The zero-order valence-electron chi connectivity index (χ0n) is 18.7. The quantitative estimate of drug-likeness (QED) is 0.665. The number of amides is 1. The number of likely N-dealkylation sites (tertiary alicyclic amines) is 1. The van der Waals surface area contributed by atoms with Crippen molar-refractivity contribution in [1.29, 1.82) is 5.26 Å². The number of thiazole rings is 1. The lowest BCUT2D eigenvalue weighted by Crippen LogP contribution is -2.50. The largest absolute Gasteiger partial charge is 0.335 e. The topological polar surface area (TPSA) is 101 Å². The molecule has 1 N–H and O–H groups in total. The van der Waals surface area contributed by atoms with E-state index >= 15 is 0 Å². The van der Waals surface area contributed by atoms with Crippen molar-refractivity contribution in [2.75, 3.05) is 51.1 Å².